The third kappa shape index (κ3) is 5.17. The van der Waals surface area contributed by atoms with Gasteiger partial charge in [-0.15, -0.1) is 41.1 Å². The molecule has 0 saturated heterocycles. The Labute approximate surface area is 210 Å². The van der Waals surface area contributed by atoms with Crippen LogP contribution in [-0.2, 0) is 26.2 Å². The minimum absolute atomic E-state index is 0. The van der Waals surface area contributed by atoms with Crippen molar-refractivity contribution in [2.24, 2.45) is 0 Å². The summed E-state index contributed by atoms with van der Waals surface area (Å²) in [6, 6.07) is 28.1. The zero-order valence-electron chi connectivity index (χ0n) is 17.7. The topological polar surface area (TPSA) is 4.93 Å². The van der Waals surface area contributed by atoms with Gasteiger partial charge in [-0.05, 0) is 24.7 Å². The van der Waals surface area contributed by atoms with Crippen molar-refractivity contribution in [2.75, 3.05) is 0 Å². The second-order valence-electron chi connectivity index (χ2n) is 7.35. The van der Waals surface area contributed by atoms with Gasteiger partial charge in [0, 0.05) is 11.1 Å². The van der Waals surface area contributed by atoms with Gasteiger partial charge in [0.05, 0.1) is 5.52 Å². The van der Waals surface area contributed by atoms with Crippen LogP contribution in [0.25, 0.3) is 27.4 Å². The van der Waals surface area contributed by atoms with Crippen LogP contribution in [0, 0.1) is 27.7 Å². The van der Waals surface area contributed by atoms with Crippen LogP contribution >= 0.6 is 0 Å². The molecule has 1 nitrogen and oxygen atoms in total. The number of aryl methyl sites for hydroxylation is 3. The monoisotopic (exact) mass is 511 g/mol. The summed E-state index contributed by atoms with van der Waals surface area (Å²) in [6.45, 7) is 8.60. The summed E-state index contributed by atoms with van der Waals surface area (Å²) < 4.78 is 2.33. The molecule has 0 spiro atoms. The van der Waals surface area contributed by atoms with Gasteiger partial charge in [-0.25, -0.2) is 6.07 Å². The van der Waals surface area contributed by atoms with Gasteiger partial charge in [0.2, 0.25) is 0 Å². The van der Waals surface area contributed by atoms with E-state index in [0.29, 0.717) is 0 Å². The second kappa shape index (κ2) is 11.1. The molecule has 5 rings (SSSR count). The standard InChI is InChI=1S/C18H14N.C8H11.2ClH.Zr/c1-13-10-16-8-4-5-9-18(16)19(13)17-11-14-6-2-3-7-15(14)12-17;1-6-4-5-7(2)8(6)3;;;/h2-12H,1H3;4-5H,1-3H3;2*1H;/q2*-1;;;+4/p-2. The number of nitrogens with zero attached hydrogens (tertiary/aromatic N) is 1. The van der Waals surface area contributed by atoms with Crippen molar-refractivity contribution in [3.05, 3.63) is 101 Å². The Hall–Kier alpha value is -1.60. The fourth-order valence-electron chi connectivity index (χ4n) is 3.71. The molecule has 0 radical (unpaired) electrons. The van der Waals surface area contributed by atoms with E-state index < -0.39 is 0 Å². The van der Waals surface area contributed by atoms with Crippen LogP contribution in [0.4, 0.5) is 0 Å². The molecule has 0 aliphatic rings. The summed E-state index contributed by atoms with van der Waals surface area (Å²) in [5.74, 6) is 0. The van der Waals surface area contributed by atoms with Crippen LogP contribution < -0.4 is 24.8 Å². The molecule has 0 bridgehead atoms. The Morgan fingerprint density at radius 3 is 2.00 bits per heavy atom. The van der Waals surface area contributed by atoms with Crippen LogP contribution in [0.3, 0.4) is 0 Å². The molecule has 0 N–H and O–H groups in total. The van der Waals surface area contributed by atoms with E-state index in [4.69, 9.17) is 0 Å². The van der Waals surface area contributed by atoms with Crippen molar-refractivity contribution < 1.29 is 51.0 Å². The quantitative estimate of drug-likeness (QED) is 0.297. The van der Waals surface area contributed by atoms with Gasteiger partial charge in [-0.3, -0.25) is 0 Å². The summed E-state index contributed by atoms with van der Waals surface area (Å²) in [7, 11) is 0. The first-order valence-electron chi connectivity index (χ1n) is 9.47. The Morgan fingerprint density at radius 1 is 0.800 bits per heavy atom. The molecule has 1 aromatic heterocycles. The maximum Gasteiger partial charge on any atom is 4.00 e. The molecule has 0 saturated carbocycles. The average Bonchev–Trinajstić information content (AvgIpc) is 3.32. The first-order chi connectivity index (χ1) is 13.0. The molecule has 0 unspecified atom stereocenters. The van der Waals surface area contributed by atoms with Crippen LogP contribution in [0.2, 0.25) is 0 Å². The average molecular weight is 514 g/mol. The predicted octanol–water partition coefficient (Wildman–Crippen LogP) is 1.15. The van der Waals surface area contributed by atoms with E-state index in [-0.39, 0.29) is 51.0 Å². The summed E-state index contributed by atoms with van der Waals surface area (Å²) in [4.78, 5) is 0. The van der Waals surface area contributed by atoms with Crippen molar-refractivity contribution in [1.82, 2.24) is 4.57 Å². The molecule has 0 aliphatic carbocycles. The zero-order valence-corrected chi connectivity index (χ0v) is 21.7. The van der Waals surface area contributed by atoms with Crippen LogP contribution in [-0.4, -0.2) is 4.57 Å². The molecule has 0 fully saturated rings. The Kier molecular flexibility index (Phi) is 9.82. The molecule has 152 valence electrons. The smallest absolute Gasteiger partial charge is 1.00 e. The Morgan fingerprint density at radius 2 is 1.43 bits per heavy atom. The molecule has 4 heteroatoms. The van der Waals surface area contributed by atoms with Crippen molar-refractivity contribution in [3.8, 4) is 5.69 Å². The van der Waals surface area contributed by atoms with Crippen molar-refractivity contribution in [2.45, 2.75) is 27.7 Å². The van der Waals surface area contributed by atoms with Gasteiger partial charge < -0.3 is 29.4 Å². The summed E-state index contributed by atoms with van der Waals surface area (Å²) in [5.41, 5.74) is 8.04. The van der Waals surface area contributed by atoms with Crippen molar-refractivity contribution >= 4 is 21.7 Å². The van der Waals surface area contributed by atoms with Gasteiger partial charge in [-0.2, -0.15) is 22.8 Å². The largest absolute Gasteiger partial charge is 4.00 e. The number of halogens is 2. The second-order valence-corrected chi connectivity index (χ2v) is 7.35. The minimum atomic E-state index is 0. The summed E-state index contributed by atoms with van der Waals surface area (Å²) in [6.07, 6.45) is 0. The van der Waals surface area contributed by atoms with Gasteiger partial charge in [-0.1, -0.05) is 45.0 Å². The number of para-hydroxylation sites is 1. The van der Waals surface area contributed by atoms with E-state index in [2.05, 4.69) is 111 Å². The van der Waals surface area contributed by atoms with E-state index >= 15 is 0 Å². The van der Waals surface area contributed by atoms with Gasteiger partial charge in [0.1, 0.15) is 0 Å². The number of aromatic nitrogens is 1. The molecule has 4 aromatic carbocycles. The molecule has 0 amide bonds. The van der Waals surface area contributed by atoms with Crippen LogP contribution in [0.15, 0.2) is 78.9 Å². The van der Waals surface area contributed by atoms with Crippen molar-refractivity contribution in [1.29, 1.82) is 0 Å². The molecule has 30 heavy (non-hydrogen) atoms. The van der Waals surface area contributed by atoms with E-state index in [1.807, 2.05) is 0 Å². The van der Waals surface area contributed by atoms with E-state index in [1.54, 1.807) is 0 Å². The number of benzene rings is 2. The Balaban J connectivity index is 0.000000355. The van der Waals surface area contributed by atoms with E-state index in [9.17, 15) is 0 Å². The SMILES string of the molecule is Cc1cc2ccccc2n1-c1cc2ccccc2[cH-]1.Cc1cc[c-](C)c1C.[Cl-].[Cl-].[Zr+4]. The molecule has 0 aliphatic heterocycles. The van der Waals surface area contributed by atoms with Gasteiger partial charge in [0.15, 0.2) is 0 Å². The first kappa shape index (κ1) is 26.4. The molecular weight excluding hydrogens is 488 g/mol. The molecule has 1 heterocycles. The van der Waals surface area contributed by atoms with Gasteiger partial charge in [0.25, 0.3) is 0 Å². The fourth-order valence-corrected chi connectivity index (χ4v) is 3.71. The maximum atomic E-state index is 2.33. The Bertz CT molecular complexity index is 1170. The molecule has 5 aromatic rings. The first-order valence-corrected chi connectivity index (χ1v) is 9.47. The number of fused-ring (bicyclic) bond motifs is 2. The number of hydrogen-bond acceptors (Lipinski definition) is 0. The summed E-state index contributed by atoms with van der Waals surface area (Å²) >= 11 is 0. The minimum Gasteiger partial charge on any atom is -1.00 e. The normalized spacial score (nSPS) is 9.87. The van der Waals surface area contributed by atoms with Crippen LogP contribution in [0.1, 0.15) is 22.4 Å². The number of hydrogen-bond donors (Lipinski definition) is 0. The number of rotatable bonds is 1. The van der Waals surface area contributed by atoms with E-state index in [1.165, 1.54) is 49.7 Å². The van der Waals surface area contributed by atoms with Gasteiger partial charge >= 0.3 is 26.2 Å². The third-order valence-corrected chi connectivity index (χ3v) is 5.52. The van der Waals surface area contributed by atoms with Crippen molar-refractivity contribution in [3.63, 3.8) is 0 Å². The predicted molar refractivity (Wildman–Crippen MR) is 117 cm³/mol. The van der Waals surface area contributed by atoms with Crippen LogP contribution in [0.5, 0.6) is 0 Å². The maximum absolute atomic E-state index is 2.33. The molecule has 0 atom stereocenters. The van der Waals surface area contributed by atoms with E-state index in [0.717, 1.165) is 0 Å². The summed E-state index contributed by atoms with van der Waals surface area (Å²) in [5, 5.41) is 3.90. The third-order valence-electron chi connectivity index (χ3n) is 5.52. The zero-order chi connectivity index (χ0) is 19.0. The molecular formula is C26H25Cl2NZr. The fraction of sp³-hybridized carbons (Fsp3) is 0.154.